The van der Waals surface area contributed by atoms with Crippen LogP contribution in [0.3, 0.4) is 0 Å². The molecule has 0 aromatic heterocycles. The number of methoxy groups -OCH3 is 4. The molecule has 0 bridgehead atoms. The summed E-state index contributed by atoms with van der Waals surface area (Å²) in [5.41, 5.74) is 3.31. The first-order valence-corrected chi connectivity index (χ1v) is 17.0. The number of hydrogen-bond donors (Lipinski definition) is 3. The molecule has 3 N–H and O–H groups in total. The zero-order chi connectivity index (χ0) is 34.7. The lowest BCUT2D eigenvalue weighted by atomic mass is 9.71. The van der Waals surface area contributed by atoms with E-state index in [0.717, 1.165) is 68.1 Å². The highest BCUT2D eigenvalue weighted by atomic mass is 16.5. The van der Waals surface area contributed by atoms with Crippen molar-refractivity contribution >= 4 is 23.5 Å². The van der Waals surface area contributed by atoms with E-state index in [1.54, 1.807) is 33.5 Å². The number of ether oxygens (including phenoxy) is 4. The Labute approximate surface area is 283 Å². The number of rotatable bonds is 15. The van der Waals surface area contributed by atoms with E-state index in [9.17, 15) is 19.2 Å². The maximum Gasteiger partial charge on any atom is 0.306 e. The average molecular weight is 666 g/mol. The lowest BCUT2D eigenvalue weighted by Gasteiger charge is -2.36. The molecule has 1 saturated carbocycles. The van der Waals surface area contributed by atoms with Crippen molar-refractivity contribution in [2.45, 2.75) is 90.0 Å². The zero-order valence-electron chi connectivity index (χ0n) is 29.1. The number of unbranched alkanes of at least 4 members (excludes halogenated alkanes) is 2. The fourth-order valence-electron chi connectivity index (χ4n) is 7.13. The van der Waals surface area contributed by atoms with Crippen molar-refractivity contribution in [3.8, 4) is 28.4 Å². The second-order valence-electron chi connectivity index (χ2n) is 12.9. The Morgan fingerprint density at radius 2 is 1.67 bits per heavy atom. The normalized spacial score (nSPS) is 16.3. The third-order valence-electron chi connectivity index (χ3n) is 9.63. The van der Waals surface area contributed by atoms with Crippen molar-refractivity contribution in [3.63, 3.8) is 0 Å². The minimum Gasteiger partial charge on any atom is -0.493 e. The molecule has 2 aromatic rings. The molecule has 11 heteroatoms. The van der Waals surface area contributed by atoms with Crippen LogP contribution in [-0.4, -0.2) is 59.3 Å². The molecule has 1 fully saturated rings. The summed E-state index contributed by atoms with van der Waals surface area (Å²) in [4.78, 5) is 50.4. The number of amides is 2. The van der Waals surface area contributed by atoms with E-state index in [2.05, 4.69) is 16.0 Å². The van der Waals surface area contributed by atoms with Crippen molar-refractivity contribution in [2.24, 2.45) is 5.41 Å². The van der Waals surface area contributed by atoms with E-state index in [0.29, 0.717) is 67.3 Å². The van der Waals surface area contributed by atoms with Crippen LogP contribution in [0.2, 0.25) is 0 Å². The lowest BCUT2D eigenvalue weighted by molar-refractivity contribution is -0.144. The van der Waals surface area contributed by atoms with Gasteiger partial charge in [0.1, 0.15) is 0 Å². The largest absolute Gasteiger partial charge is 0.493 e. The second kappa shape index (κ2) is 17.2. The van der Waals surface area contributed by atoms with Crippen LogP contribution in [0.1, 0.15) is 94.7 Å². The Hall–Kier alpha value is -4.28. The smallest absolute Gasteiger partial charge is 0.306 e. The first kappa shape index (κ1) is 36.6. The highest BCUT2D eigenvalue weighted by Crippen LogP contribution is 2.50. The van der Waals surface area contributed by atoms with Crippen molar-refractivity contribution in [2.75, 3.05) is 46.8 Å². The summed E-state index contributed by atoms with van der Waals surface area (Å²) in [6.45, 7) is 2.54. The molecule has 0 spiro atoms. The fraction of sp³-hybridized carbons (Fsp3) is 0.568. The maximum atomic E-state index is 13.5. The Balaban J connectivity index is 1.41. The van der Waals surface area contributed by atoms with Crippen molar-refractivity contribution in [1.82, 2.24) is 10.6 Å². The Morgan fingerprint density at radius 1 is 0.917 bits per heavy atom. The van der Waals surface area contributed by atoms with Gasteiger partial charge in [-0.05, 0) is 78.8 Å². The van der Waals surface area contributed by atoms with Gasteiger partial charge < -0.3 is 34.9 Å². The molecule has 262 valence electrons. The minimum absolute atomic E-state index is 0.00474. The summed E-state index contributed by atoms with van der Waals surface area (Å²) in [5, 5.41) is 9.39. The van der Waals surface area contributed by atoms with E-state index >= 15 is 0 Å². The summed E-state index contributed by atoms with van der Waals surface area (Å²) in [5.74, 6) is 1.10. The third-order valence-corrected chi connectivity index (χ3v) is 9.63. The molecule has 48 heavy (non-hydrogen) atoms. The number of esters is 1. The van der Waals surface area contributed by atoms with Crippen LogP contribution in [-0.2, 0) is 25.5 Å². The number of anilines is 1. The maximum absolute atomic E-state index is 13.5. The highest BCUT2D eigenvalue weighted by Gasteiger charge is 2.35. The molecule has 0 unspecified atom stereocenters. The van der Waals surface area contributed by atoms with Gasteiger partial charge in [-0.3, -0.25) is 19.2 Å². The first-order chi connectivity index (χ1) is 23.1. The predicted octanol–water partition coefficient (Wildman–Crippen LogP) is 5.47. The van der Waals surface area contributed by atoms with Crippen molar-refractivity contribution in [1.29, 1.82) is 0 Å². The summed E-state index contributed by atoms with van der Waals surface area (Å²) in [6, 6.07) is 6.83. The second-order valence-corrected chi connectivity index (χ2v) is 12.9. The van der Waals surface area contributed by atoms with Crippen LogP contribution in [0.4, 0.5) is 5.69 Å². The van der Waals surface area contributed by atoms with Crippen LogP contribution in [0.25, 0.3) is 11.1 Å². The minimum atomic E-state index is -0.376. The summed E-state index contributed by atoms with van der Waals surface area (Å²) in [6.07, 6.45) is 9.41. The standard InChI is InChI=1S/C37H51N3O8/c1-24(41)40-28-15-13-25-20-31(45-2)35(47-4)36(48-5)34(25)26-14-16-29(30(42)21-27(26)28)38-19-11-6-8-12-32(43)39-23-37(22-33(44)46-3)17-9-7-10-18-37/h14,16,20-21,28H,6-13,15,17-19,22-23H2,1-5H3,(H,38,42)(H,39,43)(H,40,41)/t28-/m1/s1. The van der Waals surface area contributed by atoms with Gasteiger partial charge in [0.2, 0.25) is 23.0 Å². The summed E-state index contributed by atoms with van der Waals surface area (Å²) < 4.78 is 22.0. The number of fused-ring (bicyclic) bond motifs is 3. The van der Waals surface area contributed by atoms with Crippen LogP contribution < -0.4 is 35.6 Å². The molecule has 1 atom stereocenters. The van der Waals surface area contributed by atoms with E-state index in [-0.39, 0.29) is 34.7 Å². The van der Waals surface area contributed by atoms with Gasteiger partial charge in [-0.15, -0.1) is 0 Å². The molecular weight excluding hydrogens is 614 g/mol. The van der Waals surface area contributed by atoms with Crippen LogP contribution in [0.15, 0.2) is 29.1 Å². The van der Waals surface area contributed by atoms with Crippen molar-refractivity contribution in [3.05, 3.63) is 45.6 Å². The number of hydrogen-bond acceptors (Lipinski definition) is 9. The number of benzene rings is 1. The summed E-state index contributed by atoms with van der Waals surface area (Å²) in [7, 11) is 6.11. The fourth-order valence-corrected chi connectivity index (χ4v) is 7.13. The van der Waals surface area contributed by atoms with Gasteiger partial charge >= 0.3 is 5.97 Å². The van der Waals surface area contributed by atoms with E-state index in [1.807, 2.05) is 12.1 Å². The molecule has 2 aliphatic rings. The SMILES string of the molecule is COC(=O)CC1(CNC(=O)CCCCCNc2ccc3c(cc2=O)[C@H](NC(C)=O)CCc2cc(OC)c(OC)c(OC)c2-3)CCCCC1. The molecule has 2 aliphatic carbocycles. The van der Waals surface area contributed by atoms with Gasteiger partial charge in [-0.25, -0.2) is 0 Å². The molecular formula is C37H51N3O8. The van der Waals surface area contributed by atoms with Gasteiger partial charge in [0.25, 0.3) is 0 Å². The Kier molecular flexibility index (Phi) is 13.1. The van der Waals surface area contributed by atoms with Gasteiger partial charge in [0, 0.05) is 32.0 Å². The quantitative estimate of drug-likeness (QED) is 0.167. The third kappa shape index (κ3) is 8.99. The van der Waals surface area contributed by atoms with E-state index in [1.165, 1.54) is 14.0 Å². The van der Waals surface area contributed by atoms with Gasteiger partial charge in [-0.1, -0.05) is 31.7 Å². The van der Waals surface area contributed by atoms with Crippen LogP contribution in [0, 0.1) is 5.41 Å². The molecule has 0 radical (unpaired) electrons. The predicted molar refractivity (Wildman–Crippen MR) is 185 cm³/mol. The number of aryl methyl sites for hydroxylation is 1. The average Bonchev–Trinajstić information content (AvgIpc) is 3.32. The number of carbonyl (C=O) groups is 3. The van der Waals surface area contributed by atoms with E-state index < -0.39 is 0 Å². The molecule has 4 rings (SSSR count). The molecule has 0 heterocycles. The van der Waals surface area contributed by atoms with Crippen LogP contribution in [0.5, 0.6) is 17.2 Å². The molecule has 11 nitrogen and oxygen atoms in total. The van der Waals surface area contributed by atoms with Crippen LogP contribution >= 0.6 is 0 Å². The Morgan fingerprint density at radius 3 is 2.33 bits per heavy atom. The molecule has 2 aromatic carbocycles. The number of carbonyl (C=O) groups excluding carboxylic acids is 3. The summed E-state index contributed by atoms with van der Waals surface area (Å²) >= 11 is 0. The highest BCUT2D eigenvalue weighted by molar-refractivity contribution is 5.84. The molecule has 0 saturated heterocycles. The Bertz CT molecular complexity index is 1520. The molecule has 2 amide bonds. The molecule has 0 aliphatic heterocycles. The van der Waals surface area contributed by atoms with Gasteiger partial charge in [0.15, 0.2) is 11.5 Å². The zero-order valence-corrected chi connectivity index (χ0v) is 29.1. The first-order valence-electron chi connectivity index (χ1n) is 17.0. The van der Waals surface area contributed by atoms with E-state index in [4.69, 9.17) is 18.9 Å². The topological polar surface area (TPSA) is 141 Å². The number of nitrogens with one attached hydrogen (secondary N) is 3. The van der Waals surface area contributed by atoms with Gasteiger partial charge in [0.05, 0.1) is 46.6 Å². The van der Waals surface area contributed by atoms with Gasteiger partial charge in [-0.2, -0.15) is 0 Å². The lowest BCUT2D eigenvalue weighted by Crippen LogP contribution is -2.40. The monoisotopic (exact) mass is 665 g/mol. The van der Waals surface area contributed by atoms with Crippen molar-refractivity contribution < 1.29 is 33.3 Å².